The van der Waals surface area contributed by atoms with E-state index in [1.807, 2.05) is 38.1 Å². The number of benzene rings is 1. The van der Waals surface area contributed by atoms with Gasteiger partial charge in [0, 0.05) is 6.04 Å². The third-order valence-corrected chi connectivity index (χ3v) is 2.94. The minimum absolute atomic E-state index is 0.0593. The van der Waals surface area contributed by atoms with E-state index in [0.29, 0.717) is 6.42 Å². The third-order valence-electron chi connectivity index (χ3n) is 2.94. The van der Waals surface area contributed by atoms with Crippen LogP contribution in [0.2, 0.25) is 0 Å². The molecule has 1 aliphatic rings. The highest BCUT2D eigenvalue weighted by Crippen LogP contribution is 2.31. The van der Waals surface area contributed by atoms with Crippen molar-refractivity contribution in [3.05, 3.63) is 35.4 Å². The highest BCUT2D eigenvalue weighted by Gasteiger charge is 2.30. The minimum Gasteiger partial charge on any atom is -0.469 e. The summed E-state index contributed by atoms with van der Waals surface area (Å²) in [7, 11) is 1.42. The molecular weight excluding hydrogens is 214 g/mol. The number of nitrogens with two attached hydrogens (primary N) is 1. The van der Waals surface area contributed by atoms with Crippen molar-refractivity contribution in [3.63, 3.8) is 0 Å². The van der Waals surface area contributed by atoms with E-state index in [1.165, 1.54) is 12.7 Å². The summed E-state index contributed by atoms with van der Waals surface area (Å²) >= 11 is 0. The molecule has 0 amide bonds. The van der Waals surface area contributed by atoms with Crippen LogP contribution in [0.25, 0.3) is 0 Å². The molecule has 0 aliphatic heterocycles. The number of methoxy groups -OCH3 is 1. The van der Waals surface area contributed by atoms with Crippen molar-refractivity contribution in [2.75, 3.05) is 7.11 Å². The maximum atomic E-state index is 11.6. The van der Waals surface area contributed by atoms with Gasteiger partial charge in [-0.2, -0.15) is 0 Å². The molecule has 0 saturated heterocycles. The topological polar surface area (TPSA) is 52.3 Å². The predicted octanol–water partition coefficient (Wildman–Crippen LogP) is 2.24. The molecule has 17 heavy (non-hydrogen) atoms. The van der Waals surface area contributed by atoms with Gasteiger partial charge in [-0.3, -0.25) is 4.79 Å². The van der Waals surface area contributed by atoms with Gasteiger partial charge in [-0.25, -0.2) is 0 Å². The Morgan fingerprint density at radius 3 is 2.65 bits per heavy atom. The predicted molar refractivity (Wildman–Crippen MR) is 68.8 cm³/mol. The van der Waals surface area contributed by atoms with E-state index in [9.17, 15) is 4.79 Å². The lowest BCUT2D eigenvalue weighted by molar-refractivity contribution is -0.142. The second-order valence-corrected chi connectivity index (χ2v) is 3.97. The van der Waals surface area contributed by atoms with Crippen LogP contribution < -0.4 is 5.73 Å². The first-order chi connectivity index (χ1) is 8.22. The van der Waals surface area contributed by atoms with Crippen LogP contribution in [-0.4, -0.2) is 19.1 Å². The normalized spacial score (nSPS) is 21.9. The summed E-state index contributed by atoms with van der Waals surface area (Å²) in [5.74, 6) is -0.368. The quantitative estimate of drug-likeness (QED) is 0.759. The molecule has 3 heteroatoms. The van der Waals surface area contributed by atoms with E-state index >= 15 is 0 Å². The van der Waals surface area contributed by atoms with Gasteiger partial charge in [0.15, 0.2) is 0 Å². The maximum absolute atomic E-state index is 11.6. The fourth-order valence-electron chi connectivity index (χ4n) is 2.22. The second-order valence-electron chi connectivity index (χ2n) is 3.97. The first-order valence-electron chi connectivity index (χ1n) is 6.13. The number of ether oxygens (including phenoxy) is 1. The molecule has 2 N–H and O–H groups in total. The van der Waals surface area contributed by atoms with E-state index in [2.05, 4.69) is 0 Å². The Balaban J connectivity index is 0.000000686. The van der Waals surface area contributed by atoms with Gasteiger partial charge < -0.3 is 10.5 Å². The molecule has 0 bridgehead atoms. The maximum Gasteiger partial charge on any atom is 0.313 e. The summed E-state index contributed by atoms with van der Waals surface area (Å²) in [5.41, 5.74) is 8.17. The molecular formula is C14H21NO2. The summed E-state index contributed by atoms with van der Waals surface area (Å²) in [6, 6.07) is 8.01. The average Bonchev–Trinajstić information content (AvgIpc) is 2.39. The van der Waals surface area contributed by atoms with Crippen molar-refractivity contribution in [2.24, 2.45) is 5.73 Å². The van der Waals surface area contributed by atoms with Gasteiger partial charge in [-0.05, 0) is 24.0 Å². The molecule has 94 valence electrons. The van der Waals surface area contributed by atoms with Crippen molar-refractivity contribution in [1.29, 1.82) is 0 Å². The Morgan fingerprint density at radius 1 is 1.35 bits per heavy atom. The van der Waals surface area contributed by atoms with Gasteiger partial charge in [-0.15, -0.1) is 0 Å². The molecule has 1 aromatic carbocycles. The van der Waals surface area contributed by atoms with E-state index in [1.54, 1.807) is 0 Å². The van der Waals surface area contributed by atoms with Gasteiger partial charge in [0.25, 0.3) is 0 Å². The molecule has 1 aliphatic carbocycles. The first-order valence-corrected chi connectivity index (χ1v) is 6.13. The number of carbonyl (C=O) groups excluding carboxylic acids is 1. The number of esters is 1. The molecule has 0 fully saturated rings. The second kappa shape index (κ2) is 6.40. The summed E-state index contributed by atoms with van der Waals surface area (Å²) in [5, 5.41) is 0. The van der Waals surface area contributed by atoms with E-state index in [0.717, 1.165) is 12.0 Å². The average molecular weight is 235 g/mol. The Morgan fingerprint density at radius 2 is 2.00 bits per heavy atom. The van der Waals surface area contributed by atoms with Crippen LogP contribution in [-0.2, 0) is 16.0 Å². The number of fused-ring (bicyclic) bond motifs is 1. The molecule has 3 nitrogen and oxygen atoms in total. The fourth-order valence-corrected chi connectivity index (χ4v) is 2.22. The standard InChI is InChI=1S/C12H15NO2.C2H6/c1-15-12(14)11-7-9(13)6-8-4-2-3-5-10(8)11;1-2/h2-5,9,11H,6-7,13H2,1H3;1-2H3/t9?,11-;/m1./s1. The first kappa shape index (κ1) is 13.7. The number of hydrogen-bond acceptors (Lipinski definition) is 3. The van der Waals surface area contributed by atoms with Crippen LogP contribution in [0.3, 0.4) is 0 Å². The summed E-state index contributed by atoms with van der Waals surface area (Å²) in [4.78, 5) is 11.6. The summed E-state index contributed by atoms with van der Waals surface area (Å²) in [6.07, 6.45) is 1.54. The number of hydrogen-bond donors (Lipinski definition) is 1. The van der Waals surface area contributed by atoms with Crippen LogP contribution >= 0.6 is 0 Å². The van der Waals surface area contributed by atoms with Crippen LogP contribution in [0.1, 0.15) is 37.3 Å². The van der Waals surface area contributed by atoms with E-state index < -0.39 is 0 Å². The zero-order chi connectivity index (χ0) is 12.8. The molecule has 1 unspecified atom stereocenters. The van der Waals surface area contributed by atoms with Crippen LogP contribution in [0.15, 0.2) is 24.3 Å². The number of rotatable bonds is 1. The fraction of sp³-hybridized carbons (Fsp3) is 0.500. The van der Waals surface area contributed by atoms with Crippen molar-refractivity contribution in [2.45, 2.75) is 38.6 Å². The SMILES string of the molecule is CC.COC(=O)[C@@H]1CC(N)Cc2ccccc21. The largest absolute Gasteiger partial charge is 0.469 e. The van der Waals surface area contributed by atoms with Gasteiger partial charge in [0.1, 0.15) is 0 Å². The molecule has 0 saturated carbocycles. The van der Waals surface area contributed by atoms with Crippen molar-refractivity contribution < 1.29 is 9.53 Å². The third kappa shape index (κ3) is 3.07. The van der Waals surface area contributed by atoms with Crippen LogP contribution in [0.5, 0.6) is 0 Å². The lowest BCUT2D eigenvalue weighted by Crippen LogP contribution is -2.33. The highest BCUT2D eigenvalue weighted by molar-refractivity contribution is 5.79. The molecule has 0 aromatic heterocycles. The Bertz CT molecular complexity index is 376. The number of carbonyl (C=O) groups is 1. The Kier molecular flexibility index (Phi) is 5.16. The summed E-state index contributed by atoms with van der Waals surface area (Å²) in [6.45, 7) is 4.00. The zero-order valence-electron chi connectivity index (χ0n) is 10.8. The molecule has 0 radical (unpaired) electrons. The van der Waals surface area contributed by atoms with Gasteiger partial charge in [0.05, 0.1) is 13.0 Å². The zero-order valence-corrected chi connectivity index (χ0v) is 10.8. The van der Waals surface area contributed by atoms with Crippen LogP contribution in [0.4, 0.5) is 0 Å². The van der Waals surface area contributed by atoms with Crippen molar-refractivity contribution >= 4 is 5.97 Å². The molecule has 2 rings (SSSR count). The smallest absolute Gasteiger partial charge is 0.313 e. The van der Waals surface area contributed by atoms with E-state index in [4.69, 9.17) is 10.5 Å². The van der Waals surface area contributed by atoms with Gasteiger partial charge in [0.2, 0.25) is 0 Å². The van der Waals surface area contributed by atoms with Crippen molar-refractivity contribution in [1.82, 2.24) is 0 Å². The van der Waals surface area contributed by atoms with Crippen molar-refractivity contribution in [3.8, 4) is 0 Å². The van der Waals surface area contributed by atoms with E-state index in [-0.39, 0.29) is 17.9 Å². The Hall–Kier alpha value is -1.35. The monoisotopic (exact) mass is 235 g/mol. The van der Waals surface area contributed by atoms with Gasteiger partial charge in [-0.1, -0.05) is 38.1 Å². The lowest BCUT2D eigenvalue weighted by Gasteiger charge is -2.27. The minimum atomic E-state index is -0.185. The Labute approximate surface area is 103 Å². The van der Waals surface area contributed by atoms with Crippen LogP contribution in [0, 0.1) is 0 Å². The highest BCUT2D eigenvalue weighted by atomic mass is 16.5. The van der Waals surface area contributed by atoms with Gasteiger partial charge >= 0.3 is 5.97 Å². The summed E-state index contributed by atoms with van der Waals surface area (Å²) < 4.78 is 4.80. The molecule has 0 heterocycles. The molecule has 1 aromatic rings. The lowest BCUT2D eigenvalue weighted by atomic mass is 9.80. The molecule has 2 atom stereocenters. The molecule has 0 spiro atoms.